The standard InChI is InChI=1S/C76H127NO18/c1-3-5-7-9-11-13-15-17-19-21-23-25-27-29-31-33-35-37-39-41-43-45-47-49-51-53-60(81)59(77-64(82)54-52-50-48-46-44-42-40-38-36-34-32-30-28-26-24-22-20-18-16-14-12-10-8-6-4-2)58-90-74-70(88)67(85)72(62(56-79)92-74)95-76-71(89)68(86)73(63(57-80)93-76)94-75-69(87)66(84)65(83)61(55-78)91-75/h6,8,12,14,18,20,24,26,30,32,35-38,42-45,51,53,59-63,65-76,78-81,83-89H,3-5,7,9-11,13,15-17,19,21-23,25,27-29,31,33-34,39-41,46-50,52,54-58H2,1-2H3,(H,77,82)/b8-6-,14-12-,20-18-,26-24-,32-30-,37-35+,38-36-,44-42-,45-43+,53-51+. The number of aliphatic hydroxyl groups excluding tert-OH is 11. The number of unbranched alkanes of at least 4 members (excludes halogenated alkanes) is 20. The van der Waals surface area contributed by atoms with Crippen LogP contribution in [0.4, 0.5) is 0 Å². The number of amides is 1. The van der Waals surface area contributed by atoms with Gasteiger partial charge in [-0.3, -0.25) is 4.79 Å². The third-order valence-electron chi connectivity index (χ3n) is 17.2. The molecule has 3 aliphatic heterocycles. The van der Waals surface area contributed by atoms with Crippen molar-refractivity contribution in [1.29, 1.82) is 0 Å². The van der Waals surface area contributed by atoms with Crippen molar-refractivity contribution in [2.75, 3.05) is 26.4 Å². The second-order valence-corrected chi connectivity index (χ2v) is 25.3. The summed E-state index contributed by atoms with van der Waals surface area (Å²) < 4.78 is 34.3. The molecule has 12 N–H and O–H groups in total. The van der Waals surface area contributed by atoms with Gasteiger partial charge in [-0.05, 0) is 103 Å². The van der Waals surface area contributed by atoms with Gasteiger partial charge in [0.15, 0.2) is 18.9 Å². The van der Waals surface area contributed by atoms with E-state index >= 15 is 0 Å². The minimum Gasteiger partial charge on any atom is -0.394 e. The van der Waals surface area contributed by atoms with Crippen molar-refractivity contribution in [3.63, 3.8) is 0 Å². The molecule has 0 radical (unpaired) electrons. The van der Waals surface area contributed by atoms with E-state index in [1.807, 2.05) is 6.08 Å². The summed E-state index contributed by atoms with van der Waals surface area (Å²) in [4.78, 5) is 13.4. The maximum atomic E-state index is 13.4. The van der Waals surface area contributed by atoms with Crippen molar-refractivity contribution >= 4 is 5.91 Å². The molecule has 0 aromatic carbocycles. The largest absolute Gasteiger partial charge is 0.394 e. The van der Waals surface area contributed by atoms with Crippen LogP contribution in [0.1, 0.15) is 219 Å². The van der Waals surface area contributed by atoms with Crippen LogP contribution >= 0.6 is 0 Å². The number of hydrogen-bond donors (Lipinski definition) is 12. The Kier molecular flexibility index (Phi) is 50.3. The third-order valence-corrected chi connectivity index (χ3v) is 17.2. The lowest BCUT2D eigenvalue weighted by molar-refractivity contribution is -0.379. The van der Waals surface area contributed by atoms with Gasteiger partial charge in [-0.15, -0.1) is 0 Å². The topological polar surface area (TPSA) is 307 Å². The van der Waals surface area contributed by atoms with Crippen LogP contribution in [0.5, 0.6) is 0 Å². The van der Waals surface area contributed by atoms with Crippen molar-refractivity contribution in [2.45, 2.75) is 324 Å². The van der Waals surface area contributed by atoms with Gasteiger partial charge < -0.3 is 89.9 Å². The fourth-order valence-corrected chi connectivity index (χ4v) is 11.4. The first-order valence-corrected chi connectivity index (χ1v) is 36.3. The predicted molar refractivity (Wildman–Crippen MR) is 373 cm³/mol. The SMILES string of the molecule is CC/C=C\C/C=C\C/C=C\C/C=C\C/C=C\C/C=C\C/C=C\CCCCCC(=O)NC(COC1OC(CO)C(OC2OC(CO)C(OC3OC(CO)C(O)C(O)C3O)C(O)C2O)C(O)C1O)C(O)/C=C/CC/C=C/CC/C=C/CCCCCCCCCCCCCCCCC. The molecule has 3 aliphatic rings. The van der Waals surface area contributed by atoms with E-state index in [1.165, 1.54) is 96.3 Å². The molecule has 0 aliphatic carbocycles. The molecule has 17 unspecified atom stereocenters. The van der Waals surface area contributed by atoms with Crippen LogP contribution in [0.2, 0.25) is 0 Å². The molecule has 3 saturated heterocycles. The Balaban J connectivity index is 1.47. The maximum absolute atomic E-state index is 13.4. The van der Waals surface area contributed by atoms with Crippen LogP contribution in [0, 0.1) is 0 Å². The van der Waals surface area contributed by atoms with Crippen LogP contribution in [0.25, 0.3) is 0 Å². The van der Waals surface area contributed by atoms with Gasteiger partial charge in [0, 0.05) is 6.42 Å². The molecule has 3 fully saturated rings. The molecule has 19 heteroatoms. The summed E-state index contributed by atoms with van der Waals surface area (Å²) in [5.74, 6) is -0.326. The quantitative estimate of drug-likeness (QED) is 0.0199. The van der Waals surface area contributed by atoms with E-state index in [0.29, 0.717) is 12.8 Å². The van der Waals surface area contributed by atoms with Crippen LogP contribution in [0.15, 0.2) is 122 Å². The fourth-order valence-electron chi connectivity index (χ4n) is 11.4. The van der Waals surface area contributed by atoms with Crippen molar-refractivity contribution < 1.29 is 89.4 Å². The lowest BCUT2D eigenvalue weighted by Crippen LogP contribution is -2.66. The molecule has 17 atom stereocenters. The Labute approximate surface area is 569 Å². The van der Waals surface area contributed by atoms with Crippen LogP contribution in [0.3, 0.4) is 0 Å². The zero-order chi connectivity index (χ0) is 68.9. The molecule has 95 heavy (non-hydrogen) atoms. The zero-order valence-electron chi connectivity index (χ0n) is 57.6. The summed E-state index contributed by atoms with van der Waals surface area (Å²) >= 11 is 0. The average Bonchev–Trinajstić information content (AvgIpc) is 0.787. The molecule has 3 heterocycles. The average molecular weight is 1340 g/mol. The molecular weight excluding hydrogens is 1210 g/mol. The van der Waals surface area contributed by atoms with Crippen molar-refractivity contribution in [3.05, 3.63) is 122 Å². The summed E-state index contributed by atoms with van der Waals surface area (Å²) in [6, 6.07) is -1.03. The first-order valence-electron chi connectivity index (χ1n) is 36.3. The third kappa shape index (κ3) is 37.3. The van der Waals surface area contributed by atoms with Crippen LogP contribution in [-0.4, -0.2) is 193 Å². The lowest BCUT2D eigenvalue weighted by atomic mass is 9.96. The normalized spacial score (nSPS) is 27.9. The molecule has 0 bridgehead atoms. The molecule has 0 saturated carbocycles. The van der Waals surface area contributed by atoms with E-state index in [2.05, 4.69) is 129 Å². The molecule has 0 spiro atoms. The number of ether oxygens (including phenoxy) is 6. The Hall–Kier alpha value is -3.81. The van der Waals surface area contributed by atoms with Gasteiger partial charge in [-0.25, -0.2) is 0 Å². The maximum Gasteiger partial charge on any atom is 0.220 e. The second-order valence-electron chi connectivity index (χ2n) is 25.3. The monoisotopic (exact) mass is 1340 g/mol. The van der Waals surface area contributed by atoms with E-state index in [-0.39, 0.29) is 12.3 Å². The zero-order valence-corrected chi connectivity index (χ0v) is 57.6. The van der Waals surface area contributed by atoms with Crippen molar-refractivity contribution in [3.8, 4) is 0 Å². The highest BCUT2D eigenvalue weighted by atomic mass is 16.8. The van der Waals surface area contributed by atoms with Gasteiger partial charge in [-0.1, -0.05) is 232 Å². The highest BCUT2D eigenvalue weighted by Crippen LogP contribution is 2.33. The molecule has 19 nitrogen and oxygen atoms in total. The smallest absolute Gasteiger partial charge is 0.220 e. The Morgan fingerprint density at radius 1 is 0.389 bits per heavy atom. The number of rotatable bonds is 54. The Morgan fingerprint density at radius 3 is 1.18 bits per heavy atom. The molecule has 544 valence electrons. The summed E-state index contributed by atoms with van der Waals surface area (Å²) in [6.45, 7) is 1.56. The summed E-state index contributed by atoms with van der Waals surface area (Å²) in [5, 5.41) is 121. The summed E-state index contributed by atoms with van der Waals surface area (Å²) in [5.41, 5.74) is 0. The molecule has 3 rings (SSSR count). The minimum atomic E-state index is -1.99. The van der Waals surface area contributed by atoms with E-state index in [9.17, 15) is 61.0 Å². The van der Waals surface area contributed by atoms with E-state index < -0.39 is 131 Å². The van der Waals surface area contributed by atoms with E-state index in [0.717, 1.165) is 89.9 Å². The lowest BCUT2D eigenvalue weighted by Gasteiger charge is -2.48. The van der Waals surface area contributed by atoms with Gasteiger partial charge in [0.2, 0.25) is 5.91 Å². The minimum absolute atomic E-state index is 0.184. The highest BCUT2D eigenvalue weighted by molar-refractivity contribution is 5.76. The fraction of sp³-hybridized carbons (Fsp3) is 0.724. The number of allylic oxidation sites excluding steroid dienone is 19. The number of carbonyl (C=O) groups is 1. The van der Waals surface area contributed by atoms with E-state index in [4.69, 9.17) is 28.4 Å². The van der Waals surface area contributed by atoms with Gasteiger partial charge in [-0.2, -0.15) is 0 Å². The van der Waals surface area contributed by atoms with Crippen LogP contribution in [-0.2, 0) is 33.2 Å². The van der Waals surface area contributed by atoms with Crippen molar-refractivity contribution in [1.82, 2.24) is 5.32 Å². The first kappa shape index (κ1) is 85.4. The number of nitrogens with one attached hydrogen (secondary N) is 1. The van der Waals surface area contributed by atoms with Gasteiger partial charge in [0.05, 0.1) is 38.6 Å². The van der Waals surface area contributed by atoms with Crippen LogP contribution < -0.4 is 5.32 Å². The number of hydrogen-bond acceptors (Lipinski definition) is 18. The molecule has 0 aromatic heterocycles. The molecule has 1 amide bonds. The number of aliphatic hydroxyl groups is 11. The Bertz CT molecular complexity index is 2190. The number of carbonyl (C=O) groups excluding carboxylic acids is 1. The Morgan fingerprint density at radius 2 is 0.737 bits per heavy atom. The predicted octanol–water partition coefficient (Wildman–Crippen LogP) is 10.4. The summed E-state index contributed by atoms with van der Waals surface area (Å²) in [6.07, 6.45) is 50.3. The molecular formula is C76H127NO18. The van der Waals surface area contributed by atoms with E-state index in [1.54, 1.807) is 6.08 Å². The van der Waals surface area contributed by atoms with Gasteiger partial charge in [0.1, 0.15) is 73.2 Å². The van der Waals surface area contributed by atoms with Gasteiger partial charge >= 0.3 is 0 Å². The molecule has 0 aromatic rings. The van der Waals surface area contributed by atoms with Crippen molar-refractivity contribution in [2.24, 2.45) is 0 Å². The first-order chi connectivity index (χ1) is 46.3. The second kappa shape index (κ2) is 56.0. The highest BCUT2D eigenvalue weighted by Gasteiger charge is 2.53. The van der Waals surface area contributed by atoms with Gasteiger partial charge in [0.25, 0.3) is 0 Å². The summed E-state index contributed by atoms with van der Waals surface area (Å²) in [7, 11) is 0.